The average molecular weight is 433 g/mol. The third-order valence-corrected chi connectivity index (χ3v) is 5.41. The first-order chi connectivity index (χ1) is 15.5. The predicted molar refractivity (Wildman–Crippen MR) is 120 cm³/mol. The molecule has 3 heterocycles. The summed E-state index contributed by atoms with van der Waals surface area (Å²) in [5, 5.41) is 6.19. The summed E-state index contributed by atoms with van der Waals surface area (Å²) in [6, 6.07) is 6.66. The van der Waals surface area contributed by atoms with E-state index in [1.54, 1.807) is 24.8 Å². The molecule has 0 unspecified atom stereocenters. The first kappa shape index (κ1) is 20.2. The van der Waals surface area contributed by atoms with Gasteiger partial charge in [-0.15, -0.1) is 0 Å². The van der Waals surface area contributed by atoms with Gasteiger partial charge < -0.3 is 15.1 Å². The van der Waals surface area contributed by atoms with E-state index in [-0.39, 0.29) is 17.5 Å². The minimum absolute atomic E-state index is 0.0505. The van der Waals surface area contributed by atoms with Gasteiger partial charge in [-0.2, -0.15) is 0 Å². The van der Waals surface area contributed by atoms with Gasteiger partial charge in [0.2, 0.25) is 0 Å². The molecule has 5 rings (SSSR count). The molecule has 1 amide bonds. The fourth-order valence-corrected chi connectivity index (χ4v) is 3.52. The summed E-state index contributed by atoms with van der Waals surface area (Å²) >= 11 is 0. The Kier molecular flexibility index (Phi) is 5.13. The Hall–Kier alpha value is -3.68. The van der Waals surface area contributed by atoms with Crippen LogP contribution >= 0.6 is 0 Å². The summed E-state index contributed by atoms with van der Waals surface area (Å²) in [7, 11) is 0. The number of hydrogen-bond acceptors (Lipinski definition) is 5. The summed E-state index contributed by atoms with van der Waals surface area (Å²) in [4.78, 5) is 21.6. The number of imidazole rings is 1. The van der Waals surface area contributed by atoms with E-state index in [4.69, 9.17) is 9.40 Å². The van der Waals surface area contributed by atoms with Crippen LogP contribution in [0.1, 0.15) is 37.0 Å². The smallest absolute Gasteiger partial charge is 0.254 e. The van der Waals surface area contributed by atoms with Crippen LogP contribution in [0.25, 0.3) is 28.2 Å². The van der Waals surface area contributed by atoms with Crippen molar-refractivity contribution in [2.45, 2.75) is 32.7 Å². The van der Waals surface area contributed by atoms with Crippen LogP contribution in [0.3, 0.4) is 0 Å². The van der Waals surface area contributed by atoms with E-state index >= 15 is 0 Å². The van der Waals surface area contributed by atoms with Gasteiger partial charge in [0.15, 0.2) is 11.5 Å². The topological polar surface area (TPSA) is 84.5 Å². The largest absolute Gasteiger partial charge is 0.472 e. The summed E-state index contributed by atoms with van der Waals surface area (Å²) in [5.74, 6) is 0.135. The lowest BCUT2D eigenvalue weighted by Gasteiger charge is -2.12. The maximum atomic E-state index is 14.8. The molecule has 1 aromatic carbocycles. The second-order valence-corrected chi connectivity index (χ2v) is 8.54. The van der Waals surface area contributed by atoms with Crippen molar-refractivity contribution >= 4 is 17.4 Å². The lowest BCUT2D eigenvalue weighted by Crippen LogP contribution is -2.26. The Bertz CT molecular complexity index is 1280. The monoisotopic (exact) mass is 433 g/mol. The molecule has 1 fully saturated rings. The fraction of sp³-hybridized carbons (Fsp3) is 0.292. The van der Waals surface area contributed by atoms with Crippen molar-refractivity contribution in [1.82, 2.24) is 19.7 Å². The number of aromatic nitrogens is 3. The van der Waals surface area contributed by atoms with Gasteiger partial charge >= 0.3 is 0 Å². The van der Waals surface area contributed by atoms with Gasteiger partial charge in [0, 0.05) is 29.9 Å². The van der Waals surface area contributed by atoms with Crippen molar-refractivity contribution in [2.75, 3.05) is 11.9 Å². The van der Waals surface area contributed by atoms with Crippen LogP contribution in [-0.4, -0.2) is 32.9 Å². The van der Waals surface area contributed by atoms with Gasteiger partial charge in [-0.1, -0.05) is 19.9 Å². The molecule has 164 valence electrons. The molecule has 4 aromatic rings. The minimum Gasteiger partial charge on any atom is -0.472 e. The van der Waals surface area contributed by atoms with Crippen LogP contribution in [0.15, 0.2) is 53.6 Å². The second kappa shape index (κ2) is 8.11. The number of carbonyl (C=O) groups excluding carboxylic acids is 1. The molecule has 0 aliphatic heterocycles. The second-order valence-electron chi connectivity index (χ2n) is 8.54. The Morgan fingerprint density at radius 2 is 2.12 bits per heavy atom. The van der Waals surface area contributed by atoms with Crippen molar-refractivity contribution in [3.63, 3.8) is 0 Å². The molecule has 1 aliphatic rings. The van der Waals surface area contributed by atoms with Crippen LogP contribution in [0.5, 0.6) is 0 Å². The maximum Gasteiger partial charge on any atom is 0.254 e. The zero-order chi connectivity index (χ0) is 22.2. The normalized spacial score (nSPS) is 13.6. The zero-order valence-electron chi connectivity index (χ0n) is 17.9. The summed E-state index contributed by atoms with van der Waals surface area (Å²) in [6.45, 7) is 4.97. The number of anilines is 1. The van der Waals surface area contributed by atoms with Gasteiger partial charge in [0.05, 0.1) is 35.7 Å². The SMILES string of the molecule is CC(C)CNc1nc(-c2ccoc2)cn2c(-c3ccc(C(=O)NC4CC4)c(F)c3)cnc12. The van der Waals surface area contributed by atoms with E-state index < -0.39 is 5.82 Å². The summed E-state index contributed by atoms with van der Waals surface area (Å²) in [6.07, 6.45) is 8.67. The number of amides is 1. The van der Waals surface area contributed by atoms with E-state index in [1.165, 1.54) is 12.1 Å². The van der Waals surface area contributed by atoms with Gasteiger partial charge in [-0.05, 0) is 37.0 Å². The highest BCUT2D eigenvalue weighted by atomic mass is 19.1. The van der Waals surface area contributed by atoms with Gasteiger partial charge in [-0.3, -0.25) is 9.20 Å². The third kappa shape index (κ3) is 3.95. The zero-order valence-corrected chi connectivity index (χ0v) is 17.9. The molecule has 2 N–H and O–H groups in total. The molecule has 0 bridgehead atoms. The molecular weight excluding hydrogens is 409 g/mol. The number of nitrogens with one attached hydrogen (secondary N) is 2. The van der Waals surface area contributed by atoms with Crippen LogP contribution in [0.2, 0.25) is 0 Å². The molecule has 0 spiro atoms. The summed E-state index contributed by atoms with van der Waals surface area (Å²) in [5.41, 5.74) is 3.55. The molecule has 7 nitrogen and oxygen atoms in total. The fourth-order valence-electron chi connectivity index (χ4n) is 3.52. The van der Waals surface area contributed by atoms with E-state index in [9.17, 15) is 9.18 Å². The highest BCUT2D eigenvalue weighted by molar-refractivity contribution is 5.95. The number of halogens is 1. The highest BCUT2D eigenvalue weighted by Gasteiger charge is 2.25. The molecule has 1 aliphatic carbocycles. The molecule has 0 saturated heterocycles. The number of rotatable bonds is 7. The third-order valence-electron chi connectivity index (χ3n) is 5.41. The first-order valence-electron chi connectivity index (χ1n) is 10.7. The Morgan fingerprint density at radius 3 is 2.81 bits per heavy atom. The molecule has 1 saturated carbocycles. The van der Waals surface area contributed by atoms with E-state index in [0.717, 1.165) is 24.9 Å². The minimum atomic E-state index is -0.558. The Labute approximate surface area is 184 Å². The number of fused-ring (bicyclic) bond motifs is 1. The maximum absolute atomic E-state index is 14.8. The number of furan rings is 1. The van der Waals surface area contributed by atoms with Crippen LogP contribution < -0.4 is 10.6 Å². The molecule has 0 atom stereocenters. The van der Waals surface area contributed by atoms with Crippen molar-refractivity contribution in [3.05, 3.63) is 60.6 Å². The molecular formula is C24H24FN5O2. The van der Waals surface area contributed by atoms with E-state index in [2.05, 4.69) is 29.5 Å². The number of benzene rings is 1. The van der Waals surface area contributed by atoms with Crippen LogP contribution in [-0.2, 0) is 0 Å². The van der Waals surface area contributed by atoms with Crippen molar-refractivity contribution in [3.8, 4) is 22.5 Å². The van der Waals surface area contributed by atoms with Crippen molar-refractivity contribution in [2.24, 2.45) is 5.92 Å². The lowest BCUT2D eigenvalue weighted by atomic mass is 10.1. The Balaban J connectivity index is 1.56. The number of nitrogens with zero attached hydrogens (tertiary/aromatic N) is 3. The van der Waals surface area contributed by atoms with Gasteiger partial charge in [-0.25, -0.2) is 14.4 Å². The molecule has 8 heteroatoms. The highest BCUT2D eigenvalue weighted by Crippen LogP contribution is 2.29. The first-order valence-corrected chi connectivity index (χ1v) is 10.7. The Morgan fingerprint density at radius 1 is 1.28 bits per heavy atom. The van der Waals surface area contributed by atoms with Crippen molar-refractivity contribution in [1.29, 1.82) is 0 Å². The number of hydrogen-bond donors (Lipinski definition) is 2. The average Bonchev–Trinajstić information content (AvgIpc) is 3.25. The lowest BCUT2D eigenvalue weighted by molar-refractivity contribution is 0.0947. The standard InChI is InChI=1S/C24H24FN5O2/c1-14(2)10-26-22-23-27-11-21(30(23)12-20(29-22)16-7-8-32-13-16)15-3-6-18(19(25)9-15)24(31)28-17-4-5-17/h3,6-9,11-14,17H,4-5,10H2,1-2H3,(H,26,29)(H,28,31). The molecule has 3 aromatic heterocycles. The van der Waals surface area contributed by atoms with Crippen LogP contribution in [0.4, 0.5) is 10.2 Å². The summed E-state index contributed by atoms with van der Waals surface area (Å²) < 4.78 is 21.9. The van der Waals surface area contributed by atoms with Crippen molar-refractivity contribution < 1.29 is 13.6 Å². The van der Waals surface area contributed by atoms with E-state index in [1.807, 2.05) is 16.7 Å². The predicted octanol–water partition coefficient (Wildman–Crippen LogP) is 4.76. The quantitative estimate of drug-likeness (QED) is 0.439. The molecule has 0 radical (unpaired) electrons. The van der Waals surface area contributed by atoms with Crippen LogP contribution in [0, 0.1) is 11.7 Å². The van der Waals surface area contributed by atoms with Gasteiger partial charge in [0.1, 0.15) is 5.82 Å². The van der Waals surface area contributed by atoms with Gasteiger partial charge in [0.25, 0.3) is 5.91 Å². The number of carbonyl (C=O) groups is 1. The van der Waals surface area contributed by atoms with E-state index in [0.29, 0.717) is 34.3 Å². The molecule has 32 heavy (non-hydrogen) atoms.